The van der Waals surface area contributed by atoms with Crippen molar-refractivity contribution in [2.24, 2.45) is 9.98 Å². The number of ether oxygens (including phenoxy) is 2. The van der Waals surface area contributed by atoms with E-state index >= 15 is 0 Å². The normalized spacial score (nSPS) is 21.0. The van der Waals surface area contributed by atoms with Gasteiger partial charge in [0.25, 0.3) is 11.9 Å². The van der Waals surface area contributed by atoms with Gasteiger partial charge < -0.3 is 30.7 Å². The third kappa shape index (κ3) is 11.1. The minimum atomic E-state index is 0.00249. The van der Waals surface area contributed by atoms with Gasteiger partial charge in [0.1, 0.15) is 0 Å². The number of hydrogen-bond acceptors (Lipinski definition) is 14. The van der Waals surface area contributed by atoms with Crippen LogP contribution in [0.3, 0.4) is 0 Å². The first-order valence-electron chi connectivity index (χ1n) is 16.3. The molecule has 254 valence electrons. The summed E-state index contributed by atoms with van der Waals surface area (Å²) in [5.41, 5.74) is 0.00997. The van der Waals surface area contributed by atoms with Gasteiger partial charge in [0.2, 0.25) is 11.9 Å². The van der Waals surface area contributed by atoms with Crippen molar-refractivity contribution in [3.05, 3.63) is 0 Å². The lowest BCUT2D eigenvalue weighted by Gasteiger charge is -2.46. The lowest BCUT2D eigenvalue weighted by molar-refractivity contribution is 0.169. The molecule has 0 amide bonds. The summed E-state index contributed by atoms with van der Waals surface area (Å²) in [6.07, 6.45) is 10.9. The molecule has 0 unspecified atom stereocenters. The predicted molar refractivity (Wildman–Crippen MR) is 183 cm³/mol. The van der Waals surface area contributed by atoms with Gasteiger partial charge in [0, 0.05) is 46.7 Å². The van der Waals surface area contributed by atoms with Crippen LogP contribution >= 0.6 is 0 Å². The van der Waals surface area contributed by atoms with Gasteiger partial charge in [-0.05, 0) is 107 Å². The summed E-state index contributed by atoms with van der Waals surface area (Å²) in [5.74, 6) is 1.61. The van der Waals surface area contributed by atoms with Crippen LogP contribution < -0.4 is 30.7 Å². The summed E-state index contributed by atoms with van der Waals surface area (Å²) >= 11 is 0. The molecule has 4 rings (SSSR count). The SMILES string of the molecule is COc1nc(N=CCCCCC=Nc2nc(NC3CC(C)(C)NC(C)(C)C3)nc(OC)n2)nc(NC2CC(C)(C)NC(C)(C)C2)n1. The van der Waals surface area contributed by atoms with Crippen LogP contribution in [-0.4, -0.2) is 90.8 Å². The number of unbranched alkanes of at least 4 members (excludes halogenated alkanes) is 3. The molecule has 0 spiro atoms. The number of aliphatic imine (C=N–C) groups is 2. The van der Waals surface area contributed by atoms with Crippen molar-refractivity contribution >= 4 is 36.2 Å². The molecular formula is C32H54N12O2. The maximum Gasteiger partial charge on any atom is 0.322 e. The van der Waals surface area contributed by atoms with E-state index in [1.165, 1.54) is 0 Å². The van der Waals surface area contributed by atoms with Crippen molar-refractivity contribution in [3.8, 4) is 12.0 Å². The molecule has 2 aromatic rings. The Morgan fingerprint density at radius 2 is 0.957 bits per heavy atom. The van der Waals surface area contributed by atoms with Crippen LogP contribution in [-0.2, 0) is 0 Å². The van der Waals surface area contributed by atoms with Crippen LogP contribution in [0, 0.1) is 0 Å². The number of nitrogens with one attached hydrogen (secondary N) is 4. The second kappa shape index (κ2) is 14.5. The number of hydrogen-bond donors (Lipinski definition) is 4. The Hall–Kier alpha value is -3.52. The average Bonchev–Trinajstić information content (AvgIpc) is 2.90. The molecule has 14 nitrogen and oxygen atoms in total. The molecule has 0 aliphatic carbocycles. The summed E-state index contributed by atoms with van der Waals surface area (Å²) in [7, 11) is 3.09. The van der Waals surface area contributed by atoms with Gasteiger partial charge >= 0.3 is 12.0 Å². The molecule has 0 radical (unpaired) electrons. The van der Waals surface area contributed by atoms with Crippen LogP contribution in [0.15, 0.2) is 9.98 Å². The van der Waals surface area contributed by atoms with Crippen molar-refractivity contribution < 1.29 is 9.47 Å². The fourth-order valence-corrected chi connectivity index (χ4v) is 7.10. The van der Waals surface area contributed by atoms with Crippen LogP contribution in [0.4, 0.5) is 23.8 Å². The van der Waals surface area contributed by atoms with Crippen LogP contribution in [0.2, 0.25) is 0 Å². The smallest absolute Gasteiger partial charge is 0.322 e. The molecule has 4 N–H and O–H groups in total. The van der Waals surface area contributed by atoms with E-state index in [0.717, 1.165) is 51.4 Å². The number of nitrogens with zero attached hydrogens (tertiary/aromatic N) is 8. The zero-order chi connectivity index (χ0) is 33.6. The van der Waals surface area contributed by atoms with E-state index in [1.807, 2.05) is 12.4 Å². The molecule has 4 heterocycles. The lowest BCUT2D eigenvalue weighted by atomic mass is 9.79. The monoisotopic (exact) mass is 638 g/mol. The Balaban J connectivity index is 1.26. The second-order valence-electron chi connectivity index (χ2n) is 15.1. The molecular weight excluding hydrogens is 584 g/mol. The topological polar surface area (TPSA) is 169 Å². The molecule has 46 heavy (non-hydrogen) atoms. The fraction of sp³-hybridized carbons (Fsp3) is 0.750. The molecule has 2 saturated heterocycles. The van der Waals surface area contributed by atoms with E-state index < -0.39 is 0 Å². The van der Waals surface area contributed by atoms with Gasteiger partial charge in [0.05, 0.1) is 14.2 Å². The Labute approximate surface area is 274 Å². The maximum atomic E-state index is 5.32. The number of rotatable bonds is 13. The largest absolute Gasteiger partial charge is 0.467 e. The van der Waals surface area contributed by atoms with E-state index in [2.05, 4.69) is 117 Å². The average molecular weight is 639 g/mol. The van der Waals surface area contributed by atoms with Crippen LogP contribution in [0.25, 0.3) is 0 Å². The summed E-state index contributed by atoms with van der Waals surface area (Å²) in [5, 5.41) is 14.4. The molecule has 0 atom stereocenters. The summed E-state index contributed by atoms with van der Waals surface area (Å²) in [4.78, 5) is 35.4. The van der Waals surface area contributed by atoms with E-state index in [-0.39, 0.29) is 46.3 Å². The predicted octanol–water partition coefficient (Wildman–Crippen LogP) is 5.18. The molecule has 2 aromatic heterocycles. The van der Waals surface area contributed by atoms with Crippen molar-refractivity contribution in [3.63, 3.8) is 0 Å². The Bertz CT molecular complexity index is 1240. The van der Waals surface area contributed by atoms with Gasteiger partial charge in [-0.2, -0.15) is 29.9 Å². The Kier molecular flexibility index (Phi) is 11.1. The van der Waals surface area contributed by atoms with Gasteiger partial charge in [-0.3, -0.25) is 0 Å². The standard InChI is InChI=1S/C32H54N12O2/c1-29(2)17-21(18-30(3,4)43-29)35-25-37-23(39-27(41-25)45-9)33-15-13-11-12-14-16-34-24-38-26(42-28(40-24)46-10)36-22-19-31(5,6)44-32(7,8)20-22/h15-16,21-22,43-44H,11-14,17-20H2,1-10H3,(H,35,37,39,41)(H,36,38,40,42). The number of methoxy groups -OCH3 is 2. The first kappa shape index (κ1) is 35.3. The first-order valence-corrected chi connectivity index (χ1v) is 16.3. The number of aromatic nitrogens is 6. The quantitative estimate of drug-likeness (QED) is 0.168. The highest BCUT2D eigenvalue weighted by molar-refractivity contribution is 5.62. The van der Waals surface area contributed by atoms with Gasteiger partial charge in [-0.25, -0.2) is 9.98 Å². The minimum absolute atomic E-state index is 0.00249. The molecule has 2 fully saturated rings. The van der Waals surface area contributed by atoms with E-state index in [9.17, 15) is 0 Å². The fourth-order valence-electron chi connectivity index (χ4n) is 7.10. The Morgan fingerprint density at radius 1 is 0.609 bits per heavy atom. The highest BCUT2D eigenvalue weighted by Gasteiger charge is 2.39. The highest BCUT2D eigenvalue weighted by Crippen LogP contribution is 2.31. The first-order chi connectivity index (χ1) is 21.5. The zero-order valence-corrected chi connectivity index (χ0v) is 29.4. The second-order valence-corrected chi connectivity index (χ2v) is 15.1. The summed E-state index contributed by atoms with van der Waals surface area (Å²) in [6, 6.07) is 0.912. The molecule has 0 aromatic carbocycles. The van der Waals surface area contributed by atoms with Crippen molar-refractivity contribution in [2.75, 3.05) is 24.9 Å². The van der Waals surface area contributed by atoms with Crippen LogP contribution in [0.1, 0.15) is 107 Å². The van der Waals surface area contributed by atoms with Gasteiger partial charge in [0.15, 0.2) is 0 Å². The molecule has 2 aliphatic heterocycles. The van der Waals surface area contributed by atoms with Crippen LogP contribution in [0.5, 0.6) is 12.0 Å². The minimum Gasteiger partial charge on any atom is -0.467 e. The molecule has 2 aliphatic rings. The lowest BCUT2D eigenvalue weighted by Crippen LogP contribution is -2.60. The zero-order valence-electron chi connectivity index (χ0n) is 29.4. The Morgan fingerprint density at radius 3 is 1.28 bits per heavy atom. The van der Waals surface area contributed by atoms with Crippen molar-refractivity contribution in [2.45, 2.75) is 141 Å². The molecule has 0 bridgehead atoms. The van der Waals surface area contributed by atoms with E-state index in [4.69, 9.17) is 9.47 Å². The third-order valence-electron chi connectivity index (χ3n) is 7.95. The van der Waals surface area contributed by atoms with E-state index in [1.54, 1.807) is 14.2 Å². The number of piperidine rings is 2. The summed E-state index contributed by atoms with van der Waals surface area (Å²) in [6.45, 7) is 17.7. The van der Waals surface area contributed by atoms with Gasteiger partial charge in [-0.15, -0.1) is 0 Å². The van der Waals surface area contributed by atoms with Crippen molar-refractivity contribution in [1.82, 2.24) is 40.5 Å². The van der Waals surface area contributed by atoms with Gasteiger partial charge in [-0.1, -0.05) is 0 Å². The van der Waals surface area contributed by atoms with E-state index in [0.29, 0.717) is 23.8 Å². The molecule has 14 heteroatoms. The maximum absolute atomic E-state index is 5.32. The van der Waals surface area contributed by atoms with Crippen molar-refractivity contribution in [1.29, 1.82) is 0 Å². The summed E-state index contributed by atoms with van der Waals surface area (Å²) < 4.78 is 10.6. The molecule has 0 saturated carbocycles. The third-order valence-corrected chi connectivity index (χ3v) is 7.95. The number of anilines is 2. The highest BCUT2D eigenvalue weighted by atomic mass is 16.5.